The fourth-order valence-electron chi connectivity index (χ4n) is 3.61. The number of rotatable bonds is 9. The lowest BCUT2D eigenvalue weighted by atomic mass is 10.0. The summed E-state index contributed by atoms with van der Waals surface area (Å²) >= 11 is 0. The number of carboxylic acid groups (broad SMARTS) is 1. The number of hydrogen-bond acceptors (Lipinski definition) is 7. The Balaban J connectivity index is 1.92. The number of nitrogens with one attached hydrogen (secondary N) is 1. The van der Waals surface area contributed by atoms with Crippen LogP contribution in [0.4, 0.5) is 11.4 Å². The number of amides is 2. The lowest BCUT2D eigenvalue weighted by Gasteiger charge is -2.33. The molecule has 0 aliphatic carbocycles. The fourth-order valence-corrected chi connectivity index (χ4v) is 3.61. The van der Waals surface area contributed by atoms with Crippen molar-refractivity contribution in [3.8, 4) is 17.2 Å². The molecule has 1 unspecified atom stereocenters. The number of carbonyl (C=O) groups excluding carboxylic acids is 3. The first kappa shape index (κ1) is 24.6. The molecule has 10 nitrogen and oxygen atoms in total. The van der Waals surface area contributed by atoms with Crippen LogP contribution in [-0.4, -0.2) is 55.5 Å². The van der Waals surface area contributed by atoms with Crippen LogP contribution in [0.2, 0.25) is 0 Å². The van der Waals surface area contributed by atoms with Gasteiger partial charge in [0.1, 0.15) is 12.3 Å². The molecular formula is C24H26N2O8. The van der Waals surface area contributed by atoms with Crippen LogP contribution in [0.25, 0.3) is 0 Å². The van der Waals surface area contributed by atoms with Gasteiger partial charge in [-0.3, -0.25) is 19.3 Å². The maximum absolute atomic E-state index is 12.9. The number of fused-ring (bicyclic) bond motifs is 1. The monoisotopic (exact) mass is 470 g/mol. The van der Waals surface area contributed by atoms with E-state index in [1.165, 1.54) is 37.3 Å². The SMILES string of the molecule is CCCC(=O)c1ccc2c(c1)N(CC(=O)Nc1cc(OC)c(OC)cc1C(=O)O)C(=O)C(C)O2. The first-order valence-electron chi connectivity index (χ1n) is 10.6. The Morgan fingerprint density at radius 3 is 2.41 bits per heavy atom. The number of benzene rings is 2. The largest absolute Gasteiger partial charge is 0.493 e. The van der Waals surface area contributed by atoms with Crippen LogP contribution >= 0.6 is 0 Å². The van der Waals surface area contributed by atoms with Crippen LogP contribution in [0, 0.1) is 0 Å². The minimum absolute atomic E-state index is 0.0176. The Morgan fingerprint density at radius 2 is 1.79 bits per heavy atom. The molecule has 0 aromatic heterocycles. The van der Waals surface area contributed by atoms with Crippen molar-refractivity contribution in [2.24, 2.45) is 0 Å². The number of nitrogens with zero attached hydrogens (tertiary/aromatic N) is 1. The molecule has 2 aromatic carbocycles. The molecule has 2 amide bonds. The average Bonchev–Trinajstić information content (AvgIpc) is 2.81. The molecule has 0 saturated heterocycles. The first-order valence-corrected chi connectivity index (χ1v) is 10.6. The van der Waals surface area contributed by atoms with Crippen molar-refractivity contribution >= 4 is 34.9 Å². The van der Waals surface area contributed by atoms with E-state index in [1.54, 1.807) is 19.1 Å². The molecular weight excluding hydrogens is 444 g/mol. The summed E-state index contributed by atoms with van der Waals surface area (Å²) < 4.78 is 16.0. The van der Waals surface area contributed by atoms with Crippen LogP contribution in [0.3, 0.4) is 0 Å². The highest BCUT2D eigenvalue weighted by Crippen LogP contribution is 2.36. The number of aromatic carboxylic acids is 1. The average molecular weight is 470 g/mol. The lowest BCUT2D eigenvalue weighted by Crippen LogP contribution is -2.47. The predicted octanol–water partition coefficient (Wildman–Crippen LogP) is 3.14. The number of Topliss-reactive ketones (excluding diaryl/α,β-unsaturated/α-hetero) is 1. The molecule has 10 heteroatoms. The minimum Gasteiger partial charge on any atom is -0.493 e. The summed E-state index contributed by atoms with van der Waals surface area (Å²) in [5, 5.41) is 12.1. The number of carboxylic acids is 1. The maximum Gasteiger partial charge on any atom is 0.337 e. The summed E-state index contributed by atoms with van der Waals surface area (Å²) in [6, 6.07) is 7.33. The highest BCUT2D eigenvalue weighted by atomic mass is 16.5. The van der Waals surface area contributed by atoms with E-state index < -0.39 is 30.4 Å². The zero-order chi connectivity index (χ0) is 25.0. The third kappa shape index (κ3) is 4.95. The van der Waals surface area contributed by atoms with E-state index in [4.69, 9.17) is 14.2 Å². The number of ether oxygens (including phenoxy) is 3. The van der Waals surface area contributed by atoms with E-state index in [-0.39, 0.29) is 28.5 Å². The summed E-state index contributed by atoms with van der Waals surface area (Å²) in [6.45, 7) is 3.03. The van der Waals surface area contributed by atoms with Gasteiger partial charge in [-0.15, -0.1) is 0 Å². The molecule has 180 valence electrons. The smallest absolute Gasteiger partial charge is 0.337 e. The van der Waals surface area contributed by atoms with Crippen molar-refractivity contribution in [2.75, 3.05) is 31.0 Å². The minimum atomic E-state index is -1.28. The van der Waals surface area contributed by atoms with E-state index in [1.807, 2.05) is 6.92 Å². The van der Waals surface area contributed by atoms with Gasteiger partial charge >= 0.3 is 5.97 Å². The van der Waals surface area contributed by atoms with Crippen LogP contribution in [0.1, 0.15) is 47.4 Å². The Bertz CT molecular complexity index is 1140. The van der Waals surface area contributed by atoms with Gasteiger partial charge in [0, 0.05) is 24.1 Å². The van der Waals surface area contributed by atoms with Gasteiger partial charge in [0.2, 0.25) is 5.91 Å². The van der Waals surface area contributed by atoms with Gasteiger partial charge < -0.3 is 24.6 Å². The molecule has 3 rings (SSSR count). The molecule has 0 saturated carbocycles. The number of anilines is 2. The Labute approximate surface area is 196 Å². The van der Waals surface area contributed by atoms with Gasteiger partial charge in [0.25, 0.3) is 5.91 Å². The van der Waals surface area contributed by atoms with Gasteiger partial charge in [0.15, 0.2) is 23.4 Å². The first-order chi connectivity index (χ1) is 16.2. The second-order valence-electron chi connectivity index (χ2n) is 7.65. The van der Waals surface area contributed by atoms with Crippen LogP contribution in [-0.2, 0) is 9.59 Å². The van der Waals surface area contributed by atoms with Crippen LogP contribution in [0.5, 0.6) is 17.2 Å². The number of ketones is 1. The molecule has 1 atom stereocenters. The molecule has 34 heavy (non-hydrogen) atoms. The maximum atomic E-state index is 12.9. The summed E-state index contributed by atoms with van der Waals surface area (Å²) in [5.41, 5.74) is 0.479. The van der Waals surface area contributed by atoms with Crippen LogP contribution < -0.4 is 24.4 Å². The third-order valence-corrected chi connectivity index (χ3v) is 5.30. The summed E-state index contributed by atoms with van der Waals surface area (Å²) in [5.74, 6) is -1.70. The Hall–Kier alpha value is -4.08. The standard InChI is InChI=1S/C24H26N2O8/c1-5-6-18(27)14-7-8-19-17(9-14)26(23(29)13(2)34-19)12-22(28)25-16-11-21(33-4)20(32-3)10-15(16)24(30)31/h7-11,13H,5-6,12H2,1-4H3,(H,25,28)(H,30,31). The highest BCUT2D eigenvalue weighted by molar-refractivity contribution is 6.09. The van der Waals surface area contributed by atoms with E-state index in [0.717, 1.165) is 0 Å². The van der Waals surface area contributed by atoms with E-state index in [9.17, 15) is 24.3 Å². The van der Waals surface area contributed by atoms with Gasteiger partial charge in [-0.2, -0.15) is 0 Å². The highest BCUT2D eigenvalue weighted by Gasteiger charge is 2.33. The fraction of sp³-hybridized carbons (Fsp3) is 0.333. The third-order valence-electron chi connectivity index (χ3n) is 5.30. The van der Waals surface area contributed by atoms with Crippen molar-refractivity contribution in [1.82, 2.24) is 0 Å². The predicted molar refractivity (Wildman–Crippen MR) is 123 cm³/mol. The van der Waals surface area contributed by atoms with Gasteiger partial charge in [0.05, 0.1) is 31.2 Å². The van der Waals surface area contributed by atoms with Crippen molar-refractivity contribution in [3.05, 3.63) is 41.5 Å². The lowest BCUT2D eigenvalue weighted by molar-refractivity contribution is -0.127. The summed E-state index contributed by atoms with van der Waals surface area (Å²) in [7, 11) is 2.75. The van der Waals surface area contributed by atoms with E-state index >= 15 is 0 Å². The molecule has 0 fully saturated rings. The summed E-state index contributed by atoms with van der Waals surface area (Å²) in [4.78, 5) is 51.1. The van der Waals surface area contributed by atoms with E-state index in [0.29, 0.717) is 29.8 Å². The molecule has 0 spiro atoms. The summed E-state index contributed by atoms with van der Waals surface area (Å²) in [6.07, 6.45) is 0.182. The Kier molecular flexibility index (Phi) is 7.40. The van der Waals surface area contributed by atoms with Crippen LogP contribution in [0.15, 0.2) is 30.3 Å². The van der Waals surface area contributed by atoms with Gasteiger partial charge in [-0.25, -0.2) is 4.79 Å². The van der Waals surface area contributed by atoms with Crippen molar-refractivity contribution in [3.63, 3.8) is 0 Å². The zero-order valence-electron chi connectivity index (χ0n) is 19.3. The molecule has 1 heterocycles. The van der Waals surface area contributed by atoms with Gasteiger partial charge in [-0.1, -0.05) is 6.92 Å². The molecule has 0 radical (unpaired) electrons. The molecule has 2 aromatic rings. The molecule has 0 bridgehead atoms. The normalized spacial score (nSPS) is 14.6. The quantitative estimate of drug-likeness (QED) is 0.535. The van der Waals surface area contributed by atoms with Gasteiger partial charge in [-0.05, 0) is 31.5 Å². The number of hydrogen-bond donors (Lipinski definition) is 2. The van der Waals surface area contributed by atoms with E-state index in [2.05, 4.69) is 5.32 Å². The Morgan fingerprint density at radius 1 is 1.12 bits per heavy atom. The molecule has 2 N–H and O–H groups in total. The second-order valence-corrected chi connectivity index (χ2v) is 7.65. The number of carbonyl (C=O) groups is 4. The van der Waals surface area contributed by atoms with Crippen molar-refractivity contribution in [1.29, 1.82) is 0 Å². The second kappa shape index (κ2) is 10.2. The zero-order valence-corrected chi connectivity index (χ0v) is 19.3. The number of methoxy groups -OCH3 is 2. The molecule has 1 aliphatic heterocycles. The topological polar surface area (TPSA) is 131 Å². The molecule has 1 aliphatic rings. The van der Waals surface area contributed by atoms with Crippen molar-refractivity contribution < 1.29 is 38.5 Å². The van der Waals surface area contributed by atoms with Crippen molar-refractivity contribution in [2.45, 2.75) is 32.8 Å².